The monoisotopic (exact) mass is 349 g/mol. The Hall–Kier alpha value is -2.31. The minimum Gasteiger partial charge on any atom is -0.490 e. The summed E-state index contributed by atoms with van der Waals surface area (Å²) in [5.41, 5.74) is 0.127. The van der Waals surface area contributed by atoms with Gasteiger partial charge in [0.25, 0.3) is 0 Å². The molecule has 2 aromatic rings. The molecule has 1 amide bonds. The third kappa shape index (κ3) is 4.41. The quantitative estimate of drug-likeness (QED) is 0.917. The standard InChI is InChI=1S/C18H24FN3O3/c1-18(2,3)25-17(23)22-6-4-5-12(10-22)11-24-16-7-13-9-20-21-15(13)8-14(16)19/h7-9,12H,4-6,10-11H2,1-3H3,(H,20,21). The fourth-order valence-electron chi connectivity index (χ4n) is 2.96. The summed E-state index contributed by atoms with van der Waals surface area (Å²) in [4.78, 5) is 13.9. The number of piperidine rings is 1. The van der Waals surface area contributed by atoms with Crippen LogP contribution in [0.15, 0.2) is 18.3 Å². The number of aromatic nitrogens is 2. The summed E-state index contributed by atoms with van der Waals surface area (Å²) in [5.74, 6) is -0.0550. The lowest BCUT2D eigenvalue weighted by atomic mass is 9.99. The van der Waals surface area contributed by atoms with Gasteiger partial charge in [0.05, 0.1) is 18.3 Å². The van der Waals surface area contributed by atoms with Crippen molar-refractivity contribution in [3.8, 4) is 5.75 Å². The zero-order valence-electron chi connectivity index (χ0n) is 14.8. The summed E-state index contributed by atoms with van der Waals surface area (Å²) in [6.07, 6.45) is 3.15. The van der Waals surface area contributed by atoms with E-state index < -0.39 is 11.4 Å². The predicted octanol–water partition coefficient (Wildman–Crippen LogP) is 3.73. The fourth-order valence-corrected chi connectivity index (χ4v) is 2.96. The first-order valence-electron chi connectivity index (χ1n) is 8.55. The number of nitrogens with zero attached hydrogens (tertiary/aromatic N) is 2. The molecule has 0 bridgehead atoms. The molecule has 3 rings (SSSR count). The number of H-pyrrole nitrogens is 1. The molecule has 0 aliphatic carbocycles. The summed E-state index contributed by atoms with van der Waals surface area (Å²) in [5, 5.41) is 7.41. The van der Waals surface area contributed by atoms with Gasteiger partial charge in [-0.1, -0.05) is 0 Å². The molecule has 2 heterocycles. The van der Waals surface area contributed by atoms with Gasteiger partial charge in [0, 0.05) is 30.5 Å². The number of rotatable bonds is 3. The van der Waals surface area contributed by atoms with Crippen molar-refractivity contribution in [1.29, 1.82) is 0 Å². The van der Waals surface area contributed by atoms with Crippen molar-refractivity contribution >= 4 is 17.0 Å². The molecule has 0 radical (unpaired) electrons. The van der Waals surface area contributed by atoms with Crippen LogP contribution in [0.4, 0.5) is 9.18 Å². The second-order valence-electron chi connectivity index (χ2n) is 7.49. The van der Waals surface area contributed by atoms with Crippen LogP contribution in [0.1, 0.15) is 33.6 Å². The number of amides is 1. The number of hydrogen-bond acceptors (Lipinski definition) is 4. The molecule has 0 spiro atoms. The Labute approximate surface area is 146 Å². The Bertz CT molecular complexity index is 754. The number of nitrogens with one attached hydrogen (secondary N) is 1. The number of carbonyl (C=O) groups excluding carboxylic acids is 1. The Balaban J connectivity index is 1.59. The Morgan fingerprint density at radius 2 is 2.24 bits per heavy atom. The van der Waals surface area contributed by atoms with Crippen LogP contribution in [-0.2, 0) is 4.74 Å². The zero-order valence-corrected chi connectivity index (χ0v) is 14.8. The van der Waals surface area contributed by atoms with Gasteiger partial charge in [-0.15, -0.1) is 0 Å². The number of aromatic amines is 1. The first-order chi connectivity index (χ1) is 11.8. The minimum atomic E-state index is -0.510. The van der Waals surface area contributed by atoms with E-state index in [9.17, 15) is 9.18 Å². The van der Waals surface area contributed by atoms with E-state index in [1.807, 2.05) is 20.8 Å². The van der Waals surface area contributed by atoms with Crippen LogP contribution in [0.2, 0.25) is 0 Å². The van der Waals surface area contributed by atoms with E-state index in [2.05, 4.69) is 10.2 Å². The van der Waals surface area contributed by atoms with Crippen molar-refractivity contribution < 1.29 is 18.7 Å². The van der Waals surface area contributed by atoms with Crippen molar-refractivity contribution in [1.82, 2.24) is 15.1 Å². The number of fused-ring (bicyclic) bond motifs is 1. The van der Waals surface area contributed by atoms with Gasteiger partial charge in [0.2, 0.25) is 0 Å². The van der Waals surface area contributed by atoms with Crippen LogP contribution in [0.5, 0.6) is 5.75 Å². The Morgan fingerprint density at radius 3 is 3.00 bits per heavy atom. The highest BCUT2D eigenvalue weighted by molar-refractivity contribution is 5.79. The van der Waals surface area contributed by atoms with E-state index in [1.54, 1.807) is 17.2 Å². The molecule has 6 nitrogen and oxygen atoms in total. The number of benzene rings is 1. The van der Waals surface area contributed by atoms with Crippen molar-refractivity contribution in [2.24, 2.45) is 5.92 Å². The Kier molecular flexibility index (Phi) is 4.83. The molecule has 1 aromatic carbocycles. The summed E-state index contributed by atoms with van der Waals surface area (Å²) < 4.78 is 25.2. The topological polar surface area (TPSA) is 67.4 Å². The van der Waals surface area contributed by atoms with Gasteiger partial charge in [0.15, 0.2) is 11.6 Å². The summed E-state index contributed by atoms with van der Waals surface area (Å²) in [7, 11) is 0. The van der Waals surface area contributed by atoms with E-state index in [0.717, 1.165) is 18.2 Å². The minimum absolute atomic E-state index is 0.153. The molecule has 1 aromatic heterocycles. The van der Waals surface area contributed by atoms with Gasteiger partial charge >= 0.3 is 6.09 Å². The number of ether oxygens (including phenoxy) is 2. The van der Waals surface area contributed by atoms with Crippen LogP contribution < -0.4 is 4.74 Å². The van der Waals surface area contributed by atoms with Crippen molar-refractivity contribution in [3.63, 3.8) is 0 Å². The van der Waals surface area contributed by atoms with Crippen molar-refractivity contribution in [3.05, 3.63) is 24.1 Å². The maximum absolute atomic E-state index is 14.1. The number of hydrogen-bond donors (Lipinski definition) is 1. The first kappa shape index (κ1) is 17.5. The molecule has 7 heteroatoms. The lowest BCUT2D eigenvalue weighted by Crippen LogP contribution is -2.44. The number of carbonyl (C=O) groups is 1. The van der Waals surface area contributed by atoms with Crippen LogP contribution in [-0.4, -0.2) is 46.5 Å². The molecular weight excluding hydrogens is 325 g/mol. The van der Waals surface area contributed by atoms with Crippen LogP contribution >= 0.6 is 0 Å². The third-order valence-electron chi connectivity index (χ3n) is 4.14. The lowest BCUT2D eigenvalue weighted by molar-refractivity contribution is 0.0138. The molecule has 136 valence electrons. The highest BCUT2D eigenvalue weighted by Gasteiger charge is 2.28. The maximum atomic E-state index is 14.1. The smallest absolute Gasteiger partial charge is 0.410 e. The SMILES string of the molecule is CC(C)(C)OC(=O)N1CCCC(COc2cc3cn[nH]c3cc2F)C1. The van der Waals surface area contributed by atoms with Gasteiger partial charge < -0.3 is 14.4 Å². The van der Waals surface area contributed by atoms with E-state index in [0.29, 0.717) is 25.2 Å². The van der Waals surface area contributed by atoms with Crippen LogP contribution in [0, 0.1) is 11.7 Å². The van der Waals surface area contributed by atoms with Crippen molar-refractivity contribution in [2.75, 3.05) is 19.7 Å². The maximum Gasteiger partial charge on any atom is 0.410 e. The Morgan fingerprint density at radius 1 is 1.44 bits per heavy atom. The first-order valence-corrected chi connectivity index (χ1v) is 8.55. The molecular formula is C18H24FN3O3. The largest absolute Gasteiger partial charge is 0.490 e. The van der Waals surface area contributed by atoms with Crippen molar-refractivity contribution in [2.45, 2.75) is 39.2 Å². The van der Waals surface area contributed by atoms with Gasteiger partial charge in [-0.2, -0.15) is 5.10 Å². The summed E-state index contributed by atoms with van der Waals surface area (Å²) in [6.45, 7) is 7.16. The molecule has 1 aliphatic heterocycles. The molecule has 1 fully saturated rings. The van der Waals surface area contributed by atoms with Gasteiger partial charge in [-0.25, -0.2) is 9.18 Å². The van der Waals surface area contributed by atoms with E-state index in [1.165, 1.54) is 6.07 Å². The normalized spacial score (nSPS) is 18.4. The molecule has 0 saturated carbocycles. The second-order valence-corrected chi connectivity index (χ2v) is 7.49. The molecule has 1 aliphatic rings. The van der Waals surface area contributed by atoms with Crippen LogP contribution in [0.25, 0.3) is 10.9 Å². The molecule has 1 atom stereocenters. The predicted molar refractivity (Wildman–Crippen MR) is 92.1 cm³/mol. The second kappa shape index (κ2) is 6.90. The van der Waals surface area contributed by atoms with Gasteiger partial charge in [-0.3, -0.25) is 5.10 Å². The third-order valence-corrected chi connectivity index (χ3v) is 4.14. The van der Waals surface area contributed by atoms with Gasteiger partial charge in [-0.05, 0) is 39.7 Å². The molecule has 25 heavy (non-hydrogen) atoms. The molecule has 1 saturated heterocycles. The zero-order chi connectivity index (χ0) is 18.0. The van der Waals surface area contributed by atoms with Gasteiger partial charge in [0.1, 0.15) is 5.60 Å². The summed E-state index contributed by atoms with van der Waals surface area (Å²) in [6, 6.07) is 3.02. The molecule has 1 unspecified atom stereocenters. The van der Waals surface area contributed by atoms with E-state index in [4.69, 9.17) is 9.47 Å². The average Bonchev–Trinajstić information content (AvgIpc) is 2.98. The number of likely N-dealkylation sites (tertiary alicyclic amines) is 1. The van der Waals surface area contributed by atoms with E-state index in [-0.39, 0.29) is 17.8 Å². The van der Waals surface area contributed by atoms with Crippen LogP contribution in [0.3, 0.4) is 0 Å². The highest BCUT2D eigenvalue weighted by Crippen LogP contribution is 2.25. The summed E-state index contributed by atoms with van der Waals surface area (Å²) >= 11 is 0. The average molecular weight is 349 g/mol. The number of halogens is 1. The fraction of sp³-hybridized carbons (Fsp3) is 0.556. The highest BCUT2D eigenvalue weighted by atomic mass is 19.1. The van der Waals surface area contributed by atoms with E-state index >= 15 is 0 Å². The molecule has 1 N–H and O–H groups in total. The lowest BCUT2D eigenvalue weighted by Gasteiger charge is -2.34.